The maximum atomic E-state index is 6.31. The Morgan fingerprint density at radius 3 is 2.42 bits per heavy atom. The van der Waals surface area contributed by atoms with Crippen molar-refractivity contribution in [2.45, 2.75) is 20.4 Å². The third-order valence-corrected chi connectivity index (χ3v) is 4.03. The van der Waals surface area contributed by atoms with Gasteiger partial charge < -0.3 is 19.5 Å². The van der Waals surface area contributed by atoms with Crippen LogP contribution in [0.4, 0.5) is 0 Å². The van der Waals surface area contributed by atoms with E-state index in [2.05, 4.69) is 19.2 Å². The van der Waals surface area contributed by atoms with Crippen molar-refractivity contribution in [2.75, 3.05) is 27.4 Å². The second-order valence-electron chi connectivity index (χ2n) is 5.58. The molecule has 0 spiro atoms. The van der Waals surface area contributed by atoms with E-state index in [4.69, 9.17) is 25.8 Å². The van der Waals surface area contributed by atoms with Gasteiger partial charge in [0.2, 0.25) is 0 Å². The van der Waals surface area contributed by atoms with Crippen LogP contribution < -0.4 is 19.5 Å². The summed E-state index contributed by atoms with van der Waals surface area (Å²) < 4.78 is 16.9. The average Bonchev–Trinajstić information content (AvgIpc) is 2.56. The van der Waals surface area contributed by atoms with Crippen LogP contribution in [0.2, 0.25) is 5.02 Å². The highest BCUT2D eigenvalue weighted by Crippen LogP contribution is 2.36. The second-order valence-corrected chi connectivity index (χ2v) is 5.99. The molecular formula is C19H24ClNO3. The van der Waals surface area contributed by atoms with Crippen LogP contribution in [0.1, 0.15) is 16.7 Å². The lowest BCUT2D eigenvalue weighted by atomic mass is 10.1. The van der Waals surface area contributed by atoms with Gasteiger partial charge in [0.15, 0.2) is 11.5 Å². The largest absolute Gasteiger partial charge is 0.493 e. The van der Waals surface area contributed by atoms with Gasteiger partial charge in [-0.25, -0.2) is 0 Å². The molecule has 0 amide bonds. The van der Waals surface area contributed by atoms with E-state index in [0.717, 1.165) is 11.3 Å². The molecule has 0 aliphatic carbocycles. The minimum Gasteiger partial charge on any atom is -0.493 e. The zero-order chi connectivity index (χ0) is 17.5. The van der Waals surface area contributed by atoms with Crippen molar-refractivity contribution in [1.29, 1.82) is 0 Å². The van der Waals surface area contributed by atoms with Crippen molar-refractivity contribution in [3.63, 3.8) is 0 Å². The number of aryl methyl sites for hydroxylation is 2. The van der Waals surface area contributed by atoms with Crippen molar-refractivity contribution in [1.82, 2.24) is 5.32 Å². The molecule has 0 radical (unpaired) electrons. The van der Waals surface area contributed by atoms with E-state index >= 15 is 0 Å². The van der Waals surface area contributed by atoms with E-state index in [9.17, 15) is 0 Å². The second kappa shape index (κ2) is 8.81. The summed E-state index contributed by atoms with van der Waals surface area (Å²) in [4.78, 5) is 0. The van der Waals surface area contributed by atoms with Gasteiger partial charge in [-0.1, -0.05) is 17.7 Å². The van der Waals surface area contributed by atoms with E-state index in [-0.39, 0.29) is 0 Å². The molecule has 0 aromatic heterocycles. The smallest absolute Gasteiger partial charge is 0.179 e. The summed E-state index contributed by atoms with van der Waals surface area (Å²) in [6, 6.07) is 9.83. The van der Waals surface area contributed by atoms with Gasteiger partial charge in [0, 0.05) is 6.54 Å². The van der Waals surface area contributed by atoms with Gasteiger partial charge >= 0.3 is 0 Å². The monoisotopic (exact) mass is 349 g/mol. The van der Waals surface area contributed by atoms with Crippen molar-refractivity contribution >= 4 is 11.6 Å². The molecule has 0 heterocycles. The summed E-state index contributed by atoms with van der Waals surface area (Å²) >= 11 is 6.31. The lowest BCUT2D eigenvalue weighted by molar-refractivity contribution is 0.211. The van der Waals surface area contributed by atoms with Crippen LogP contribution in [0.15, 0.2) is 30.3 Å². The van der Waals surface area contributed by atoms with Gasteiger partial charge in [0.1, 0.15) is 19.0 Å². The van der Waals surface area contributed by atoms with E-state index in [0.29, 0.717) is 36.3 Å². The molecule has 0 atom stereocenters. The fourth-order valence-electron chi connectivity index (χ4n) is 2.33. The first kappa shape index (κ1) is 18.4. The Kier molecular flexibility index (Phi) is 6.76. The first-order valence-electron chi connectivity index (χ1n) is 7.89. The molecular weight excluding hydrogens is 326 g/mol. The lowest BCUT2D eigenvalue weighted by Crippen LogP contribution is -2.11. The van der Waals surface area contributed by atoms with Crippen LogP contribution in [0.3, 0.4) is 0 Å². The molecule has 24 heavy (non-hydrogen) atoms. The van der Waals surface area contributed by atoms with Crippen molar-refractivity contribution in [3.05, 3.63) is 52.0 Å². The molecule has 2 aromatic rings. The van der Waals surface area contributed by atoms with Gasteiger partial charge in [-0.2, -0.15) is 0 Å². The molecule has 0 fully saturated rings. The van der Waals surface area contributed by atoms with Crippen LogP contribution >= 0.6 is 11.6 Å². The number of rotatable bonds is 8. The first-order chi connectivity index (χ1) is 11.5. The van der Waals surface area contributed by atoms with E-state index in [1.165, 1.54) is 11.1 Å². The summed E-state index contributed by atoms with van der Waals surface area (Å²) in [6.07, 6.45) is 0. The molecule has 0 aliphatic rings. The zero-order valence-electron chi connectivity index (χ0n) is 14.6. The summed E-state index contributed by atoms with van der Waals surface area (Å²) in [6.45, 7) is 5.67. The predicted molar refractivity (Wildman–Crippen MR) is 97.7 cm³/mol. The van der Waals surface area contributed by atoms with Crippen molar-refractivity contribution < 1.29 is 14.2 Å². The molecule has 2 aromatic carbocycles. The highest BCUT2D eigenvalue weighted by molar-refractivity contribution is 6.32. The van der Waals surface area contributed by atoms with Crippen LogP contribution in [-0.4, -0.2) is 27.4 Å². The summed E-state index contributed by atoms with van der Waals surface area (Å²) in [5, 5.41) is 3.62. The van der Waals surface area contributed by atoms with Gasteiger partial charge in [-0.05, 0) is 61.9 Å². The Balaban J connectivity index is 1.95. The summed E-state index contributed by atoms with van der Waals surface area (Å²) in [5.41, 5.74) is 3.49. The number of hydrogen-bond acceptors (Lipinski definition) is 4. The van der Waals surface area contributed by atoms with Crippen LogP contribution in [0.5, 0.6) is 17.2 Å². The number of hydrogen-bond donors (Lipinski definition) is 1. The molecule has 0 saturated heterocycles. The maximum absolute atomic E-state index is 6.31. The molecule has 2 rings (SSSR count). The minimum atomic E-state index is 0.383. The molecule has 0 saturated carbocycles. The molecule has 1 N–H and O–H groups in total. The minimum absolute atomic E-state index is 0.383. The van der Waals surface area contributed by atoms with Crippen LogP contribution in [-0.2, 0) is 6.54 Å². The standard InChI is InChI=1S/C19H24ClNO3/c1-13-5-6-16(9-14(13)2)23-7-8-24-19-17(20)10-15(12-21-3)11-18(19)22-4/h5-6,9-11,21H,7-8,12H2,1-4H3. The van der Waals surface area contributed by atoms with Gasteiger partial charge in [0.05, 0.1) is 12.1 Å². The summed E-state index contributed by atoms with van der Waals surface area (Å²) in [7, 11) is 3.49. The number of methoxy groups -OCH3 is 1. The Bertz CT molecular complexity index is 689. The molecule has 0 bridgehead atoms. The SMILES string of the molecule is CNCc1cc(Cl)c(OCCOc2ccc(C)c(C)c2)c(OC)c1. The van der Waals surface area contributed by atoms with Gasteiger partial charge in [0.25, 0.3) is 0 Å². The zero-order valence-corrected chi connectivity index (χ0v) is 15.4. The number of halogens is 1. The Morgan fingerprint density at radius 2 is 1.75 bits per heavy atom. The molecule has 5 heteroatoms. The third kappa shape index (κ3) is 4.79. The van der Waals surface area contributed by atoms with Crippen molar-refractivity contribution in [3.8, 4) is 17.2 Å². The first-order valence-corrected chi connectivity index (χ1v) is 8.26. The Labute approximate surface area is 148 Å². The normalized spacial score (nSPS) is 10.5. The molecule has 130 valence electrons. The highest BCUT2D eigenvalue weighted by Gasteiger charge is 2.12. The van der Waals surface area contributed by atoms with Gasteiger partial charge in [-0.3, -0.25) is 0 Å². The number of benzene rings is 2. The Hall–Kier alpha value is -1.91. The number of nitrogens with one attached hydrogen (secondary N) is 1. The molecule has 4 nitrogen and oxygen atoms in total. The fourth-order valence-corrected chi connectivity index (χ4v) is 2.61. The van der Waals surface area contributed by atoms with Gasteiger partial charge in [-0.15, -0.1) is 0 Å². The molecule has 0 aliphatic heterocycles. The van der Waals surface area contributed by atoms with E-state index in [1.54, 1.807) is 7.11 Å². The average molecular weight is 350 g/mol. The van der Waals surface area contributed by atoms with Crippen LogP contribution in [0, 0.1) is 13.8 Å². The molecule has 0 unspecified atom stereocenters. The predicted octanol–water partition coefficient (Wildman–Crippen LogP) is 4.14. The lowest BCUT2D eigenvalue weighted by Gasteiger charge is -2.15. The fraction of sp³-hybridized carbons (Fsp3) is 0.368. The van der Waals surface area contributed by atoms with Crippen molar-refractivity contribution in [2.24, 2.45) is 0 Å². The maximum Gasteiger partial charge on any atom is 0.179 e. The topological polar surface area (TPSA) is 39.7 Å². The quantitative estimate of drug-likeness (QED) is 0.727. The Morgan fingerprint density at radius 1 is 1.00 bits per heavy atom. The van der Waals surface area contributed by atoms with Crippen LogP contribution in [0.25, 0.3) is 0 Å². The van der Waals surface area contributed by atoms with E-state index < -0.39 is 0 Å². The summed E-state index contributed by atoms with van der Waals surface area (Å²) in [5.74, 6) is 2.01. The highest BCUT2D eigenvalue weighted by atomic mass is 35.5. The third-order valence-electron chi connectivity index (χ3n) is 3.75. The van der Waals surface area contributed by atoms with E-state index in [1.807, 2.05) is 37.4 Å². The number of ether oxygens (including phenoxy) is 3.